The van der Waals surface area contributed by atoms with Crippen LogP contribution in [0.15, 0.2) is 18.2 Å². The van der Waals surface area contributed by atoms with Crippen LogP contribution in [0.4, 0.5) is 0 Å². The summed E-state index contributed by atoms with van der Waals surface area (Å²) in [6, 6.07) is 5.65. The highest BCUT2D eigenvalue weighted by molar-refractivity contribution is 5.98. The Morgan fingerprint density at radius 1 is 1.47 bits per heavy atom. The molecule has 4 nitrogen and oxygen atoms in total. The number of rotatable bonds is 3. The Morgan fingerprint density at radius 2 is 2.18 bits per heavy atom. The normalized spacial score (nSPS) is 16.5. The van der Waals surface area contributed by atoms with E-state index in [4.69, 9.17) is 0 Å². The van der Waals surface area contributed by atoms with E-state index < -0.39 is 6.10 Å². The van der Waals surface area contributed by atoms with Gasteiger partial charge in [0.25, 0.3) is 5.91 Å². The number of hydrogen-bond acceptors (Lipinski definition) is 3. The number of aliphatic hydroxyl groups is 1. The third-order valence-electron chi connectivity index (χ3n) is 3.04. The van der Waals surface area contributed by atoms with E-state index in [1.165, 1.54) is 0 Å². The van der Waals surface area contributed by atoms with Gasteiger partial charge in [-0.15, -0.1) is 0 Å². The molecule has 0 saturated carbocycles. The maximum atomic E-state index is 11.8. The maximum absolute atomic E-state index is 11.8. The molecule has 0 aliphatic carbocycles. The van der Waals surface area contributed by atoms with Gasteiger partial charge in [0.2, 0.25) is 0 Å². The summed E-state index contributed by atoms with van der Waals surface area (Å²) in [5, 5.41) is 10.0. The zero-order chi connectivity index (χ0) is 12.6. The first-order valence-corrected chi connectivity index (χ1v) is 5.70. The Morgan fingerprint density at radius 3 is 2.82 bits per heavy atom. The van der Waals surface area contributed by atoms with E-state index in [1.54, 1.807) is 11.9 Å². The van der Waals surface area contributed by atoms with Gasteiger partial charge in [-0.1, -0.05) is 12.1 Å². The molecule has 1 aromatic rings. The molecular formula is C13H18N2O2. The Balaban J connectivity index is 2.26. The van der Waals surface area contributed by atoms with Gasteiger partial charge in [-0.25, -0.2) is 0 Å². The third-order valence-corrected chi connectivity index (χ3v) is 3.04. The summed E-state index contributed by atoms with van der Waals surface area (Å²) in [5.41, 5.74) is 2.57. The lowest BCUT2D eigenvalue weighted by Gasteiger charge is -2.16. The van der Waals surface area contributed by atoms with E-state index in [2.05, 4.69) is 0 Å². The van der Waals surface area contributed by atoms with Crippen molar-refractivity contribution in [1.82, 2.24) is 9.80 Å². The first-order chi connectivity index (χ1) is 7.99. The standard InChI is InChI=1S/C13H18N2O2/c1-14(2)8-12(16)9-4-5-10-7-15(3)13(17)11(10)6-9/h4-6,12,16H,7-8H2,1-3H3. The van der Waals surface area contributed by atoms with E-state index in [9.17, 15) is 9.90 Å². The molecule has 1 amide bonds. The first-order valence-electron chi connectivity index (χ1n) is 5.70. The molecular weight excluding hydrogens is 216 g/mol. The number of carbonyl (C=O) groups excluding carboxylic acids is 1. The molecule has 92 valence electrons. The molecule has 1 heterocycles. The van der Waals surface area contributed by atoms with Crippen LogP contribution in [0.2, 0.25) is 0 Å². The summed E-state index contributed by atoms with van der Waals surface area (Å²) in [7, 11) is 5.61. The fraction of sp³-hybridized carbons (Fsp3) is 0.462. The fourth-order valence-corrected chi connectivity index (χ4v) is 2.12. The number of benzene rings is 1. The zero-order valence-electron chi connectivity index (χ0n) is 10.5. The van der Waals surface area contributed by atoms with E-state index >= 15 is 0 Å². The molecule has 0 aromatic heterocycles. The van der Waals surface area contributed by atoms with Gasteiger partial charge in [0.05, 0.1) is 6.10 Å². The lowest BCUT2D eigenvalue weighted by atomic mass is 10.0. The Bertz CT molecular complexity index is 443. The molecule has 1 aromatic carbocycles. The Labute approximate surface area is 101 Å². The zero-order valence-corrected chi connectivity index (χ0v) is 10.5. The molecule has 1 atom stereocenters. The van der Waals surface area contributed by atoms with Crippen LogP contribution in [0.5, 0.6) is 0 Å². The number of fused-ring (bicyclic) bond motifs is 1. The van der Waals surface area contributed by atoms with Crippen LogP contribution < -0.4 is 0 Å². The molecule has 17 heavy (non-hydrogen) atoms. The lowest BCUT2D eigenvalue weighted by Crippen LogP contribution is -2.20. The van der Waals surface area contributed by atoms with Crippen molar-refractivity contribution in [3.05, 3.63) is 34.9 Å². The quantitative estimate of drug-likeness (QED) is 0.844. The summed E-state index contributed by atoms with van der Waals surface area (Å²) in [4.78, 5) is 15.4. The highest BCUT2D eigenvalue weighted by Gasteiger charge is 2.25. The topological polar surface area (TPSA) is 43.8 Å². The van der Waals surface area contributed by atoms with Gasteiger partial charge < -0.3 is 14.9 Å². The number of hydrogen-bond donors (Lipinski definition) is 1. The fourth-order valence-electron chi connectivity index (χ4n) is 2.12. The summed E-state index contributed by atoms with van der Waals surface area (Å²) in [5.74, 6) is 0.0407. The average Bonchev–Trinajstić information content (AvgIpc) is 2.54. The van der Waals surface area contributed by atoms with Crippen LogP contribution in [0.3, 0.4) is 0 Å². The Hall–Kier alpha value is -1.39. The molecule has 0 fully saturated rings. The van der Waals surface area contributed by atoms with Crippen LogP contribution in [0.25, 0.3) is 0 Å². The summed E-state index contributed by atoms with van der Waals surface area (Å²) >= 11 is 0. The average molecular weight is 234 g/mol. The molecule has 4 heteroatoms. The van der Waals surface area contributed by atoms with Gasteiger partial charge >= 0.3 is 0 Å². The maximum Gasteiger partial charge on any atom is 0.254 e. The van der Waals surface area contributed by atoms with Crippen molar-refractivity contribution in [2.75, 3.05) is 27.7 Å². The largest absolute Gasteiger partial charge is 0.387 e. The molecule has 2 rings (SSSR count). The summed E-state index contributed by atoms with van der Waals surface area (Å²) in [6.07, 6.45) is -0.547. The van der Waals surface area contributed by atoms with Crippen LogP contribution in [0.1, 0.15) is 27.6 Å². The molecule has 0 bridgehead atoms. The summed E-state index contributed by atoms with van der Waals surface area (Å²) < 4.78 is 0. The van der Waals surface area contributed by atoms with Crippen LogP contribution in [-0.2, 0) is 6.54 Å². The van der Waals surface area contributed by atoms with Crippen molar-refractivity contribution in [1.29, 1.82) is 0 Å². The van der Waals surface area contributed by atoms with E-state index in [0.717, 1.165) is 16.7 Å². The first kappa shape index (κ1) is 12.1. The van der Waals surface area contributed by atoms with Gasteiger partial charge in [0.1, 0.15) is 0 Å². The van der Waals surface area contributed by atoms with Crippen molar-refractivity contribution in [3.63, 3.8) is 0 Å². The Kier molecular flexibility index (Phi) is 3.17. The lowest BCUT2D eigenvalue weighted by molar-refractivity contribution is 0.0816. The predicted octanol–water partition coefficient (Wildman–Crippen LogP) is 0.867. The number of likely N-dealkylation sites (N-methyl/N-ethyl adjacent to an activating group) is 1. The van der Waals surface area contributed by atoms with E-state index in [-0.39, 0.29) is 5.91 Å². The van der Waals surface area contributed by atoms with Gasteiger partial charge in [0.15, 0.2) is 0 Å². The number of aliphatic hydroxyl groups excluding tert-OH is 1. The minimum absolute atomic E-state index is 0.0407. The highest BCUT2D eigenvalue weighted by atomic mass is 16.3. The van der Waals surface area contributed by atoms with Crippen molar-refractivity contribution < 1.29 is 9.90 Å². The van der Waals surface area contributed by atoms with Crippen molar-refractivity contribution in [2.45, 2.75) is 12.6 Å². The number of amides is 1. The second-order valence-electron chi connectivity index (χ2n) is 4.86. The summed E-state index contributed by atoms with van der Waals surface area (Å²) in [6.45, 7) is 1.22. The molecule has 1 unspecified atom stereocenters. The van der Waals surface area contributed by atoms with Crippen LogP contribution in [-0.4, -0.2) is 48.5 Å². The smallest absolute Gasteiger partial charge is 0.254 e. The molecule has 1 N–H and O–H groups in total. The third kappa shape index (κ3) is 2.33. The molecule has 1 aliphatic heterocycles. The van der Waals surface area contributed by atoms with Crippen LogP contribution in [0, 0.1) is 0 Å². The molecule has 0 spiro atoms. The number of carbonyl (C=O) groups is 1. The second kappa shape index (κ2) is 4.47. The van der Waals surface area contributed by atoms with Gasteiger partial charge in [-0.3, -0.25) is 4.79 Å². The number of nitrogens with zero attached hydrogens (tertiary/aromatic N) is 2. The molecule has 0 radical (unpaired) electrons. The van der Waals surface area contributed by atoms with Crippen LogP contribution >= 0.6 is 0 Å². The molecule has 0 saturated heterocycles. The second-order valence-corrected chi connectivity index (χ2v) is 4.86. The molecule has 1 aliphatic rings. The van der Waals surface area contributed by atoms with Crippen molar-refractivity contribution in [3.8, 4) is 0 Å². The van der Waals surface area contributed by atoms with Gasteiger partial charge in [-0.2, -0.15) is 0 Å². The van der Waals surface area contributed by atoms with Gasteiger partial charge in [-0.05, 0) is 31.3 Å². The van der Waals surface area contributed by atoms with Crippen molar-refractivity contribution in [2.24, 2.45) is 0 Å². The minimum Gasteiger partial charge on any atom is -0.387 e. The van der Waals surface area contributed by atoms with E-state index in [0.29, 0.717) is 13.1 Å². The predicted molar refractivity (Wildman–Crippen MR) is 65.8 cm³/mol. The monoisotopic (exact) mass is 234 g/mol. The van der Waals surface area contributed by atoms with Gasteiger partial charge in [0, 0.05) is 25.7 Å². The minimum atomic E-state index is -0.547. The highest BCUT2D eigenvalue weighted by Crippen LogP contribution is 2.25. The van der Waals surface area contributed by atoms with Crippen molar-refractivity contribution >= 4 is 5.91 Å². The van der Waals surface area contributed by atoms with E-state index in [1.807, 2.05) is 37.2 Å². The SMILES string of the molecule is CN(C)CC(O)c1ccc2c(c1)C(=O)N(C)C2.